The molecule has 0 radical (unpaired) electrons. The Bertz CT molecular complexity index is 165. The van der Waals surface area contributed by atoms with E-state index >= 15 is 0 Å². The fourth-order valence-electron chi connectivity index (χ4n) is 1.79. The van der Waals surface area contributed by atoms with E-state index < -0.39 is 0 Å². The third-order valence-electron chi connectivity index (χ3n) is 2.61. The Balaban J connectivity index is 2.01. The van der Waals surface area contributed by atoms with Crippen molar-refractivity contribution < 1.29 is 4.79 Å². The van der Waals surface area contributed by atoms with Crippen molar-refractivity contribution in [2.45, 2.75) is 38.1 Å². The molecule has 1 heterocycles. The summed E-state index contributed by atoms with van der Waals surface area (Å²) in [5, 5.41) is 6.84. The first-order chi connectivity index (χ1) is 6.79. The van der Waals surface area contributed by atoms with Gasteiger partial charge in [-0.3, -0.25) is 4.79 Å². The number of amides is 1. The normalized spacial score (nSPS) is 23.0. The predicted octanol–water partition coefficient (Wildman–Crippen LogP) is -0.0164. The van der Waals surface area contributed by atoms with Crippen LogP contribution in [0.2, 0.25) is 0 Å². The highest BCUT2D eigenvalue weighted by Gasteiger charge is 2.10. The van der Waals surface area contributed by atoms with Gasteiger partial charge in [-0.15, -0.1) is 0 Å². The summed E-state index contributed by atoms with van der Waals surface area (Å²) in [7, 11) is 0. The number of hydrogen-bond acceptors (Lipinski definition) is 3. The summed E-state index contributed by atoms with van der Waals surface area (Å²) in [6.07, 6.45) is 5.03. The molecule has 0 aromatic rings. The maximum Gasteiger partial charge on any atom is 0.217 e. The van der Waals surface area contributed by atoms with E-state index in [0.717, 1.165) is 26.1 Å². The smallest absolute Gasteiger partial charge is 0.217 e. The second-order valence-corrected chi connectivity index (χ2v) is 3.90. The molecule has 0 spiro atoms. The maximum absolute atomic E-state index is 10.5. The van der Waals surface area contributed by atoms with E-state index in [4.69, 9.17) is 5.73 Å². The Labute approximate surface area is 85.6 Å². The van der Waals surface area contributed by atoms with Gasteiger partial charge in [0.05, 0.1) is 0 Å². The molecular weight excluding hydrogens is 178 g/mol. The summed E-state index contributed by atoms with van der Waals surface area (Å²) in [6, 6.07) is 0.623. The van der Waals surface area contributed by atoms with Gasteiger partial charge < -0.3 is 16.4 Å². The lowest BCUT2D eigenvalue weighted by atomic mass is 10.1. The van der Waals surface area contributed by atoms with Crippen LogP contribution < -0.4 is 16.4 Å². The third kappa shape index (κ3) is 5.19. The van der Waals surface area contributed by atoms with Gasteiger partial charge in [-0.25, -0.2) is 0 Å². The first-order valence-electron chi connectivity index (χ1n) is 5.51. The number of nitrogens with two attached hydrogens (primary N) is 1. The highest BCUT2D eigenvalue weighted by Crippen LogP contribution is 2.04. The van der Waals surface area contributed by atoms with Crippen LogP contribution in [-0.4, -0.2) is 31.6 Å². The molecule has 4 heteroatoms. The minimum atomic E-state index is -0.200. The molecular formula is C10H21N3O. The van der Waals surface area contributed by atoms with E-state index in [1.807, 2.05) is 0 Å². The van der Waals surface area contributed by atoms with Gasteiger partial charge in [0, 0.05) is 12.5 Å². The van der Waals surface area contributed by atoms with Crippen molar-refractivity contribution in [1.29, 1.82) is 0 Å². The van der Waals surface area contributed by atoms with Gasteiger partial charge in [-0.05, 0) is 45.3 Å². The predicted molar refractivity (Wildman–Crippen MR) is 56.9 cm³/mol. The van der Waals surface area contributed by atoms with Crippen molar-refractivity contribution in [2.24, 2.45) is 5.73 Å². The minimum Gasteiger partial charge on any atom is -0.370 e. The van der Waals surface area contributed by atoms with Crippen molar-refractivity contribution in [2.75, 3.05) is 19.6 Å². The largest absolute Gasteiger partial charge is 0.370 e. The summed E-state index contributed by atoms with van der Waals surface area (Å²) in [6.45, 7) is 3.15. The zero-order valence-corrected chi connectivity index (χ0v) is 8.72. The average molecular weight is 199 g/mol. The van der Waals surface area contributed by atoms with Crippen LogP contribution in [0.25, 0.3) is 0 Å². The minimum absolute atomic E-state index is 0.200. The molecule has 1 amide bonds. The van der Waals surface area contributed by atoms with Crippen molar-refractivity contribution in [3.8, 4) is 0 Å². The van der Waals surface area contributed by atoms with Crippen molar-refractivity contribution in [3.63, 3.8) is 0 Å². The van der Waals surface area contributed by atoms with E-state index in [2.05, 4.69) is 10.6 Å². The molecule has 1 saturated heterocycles. The molecule has 1 unspecified atom stereocenters. The molecule has 4 nitrogen and oxygen atoms in total. The van der Waals surface area contributed by atoms with E-state index in [0.29, 0.717) is 12.5 Å². The first-order valence-corrected chi connectivity index (χ1v) is 5.51. The van der Waals surface area contributed by atoms with Crippen LogP contribution in [0.3, 0.4) is 0 Å². The second-order valence-electron chi connectivity index (χ2n) is 3.90. The van der Waals surface area contributed by atoms with Crippen LogP contribution in [0.4, 0.5) is 0 Å². The van der Waals surface area contributed by atoms with E-state index in [1.165, 1.54) is 19.3 Å². The summed E-state index contributed by atoms with van der Waals surface area (Å²) in [4.78, 5) is 10.5. The molecule has 0 aromatic carbocycles. The molecule has 1 aliphatic heterocycles. The Kier molecular flexibility index (Phi) is 5.56. The van der Waals surface area contributed by atoms with Gasteiger partial charge in [0.1, 0.15) is 0 Å². The lowest BCUT2D eigenvalue weighted by Crippen LogP contribution is -2.31. The highest BCUT2D eigenvalue weighted by molar-refractivity contribution is 5.73. The van der Waals surface area contributed by atoms with Gasteiger partial charge in [-0.2, -0.15) is 0 Å². The molecule has 1 rings (SSSR count). The second kappa shape index (κ2) is 6.79. The van der Waals surface area contributed by atoms with Gasteiger partial charge in [0.2, 0.25) is 5.91 Å². The molecule has 0 aliphatic carbocycles. The van der Waals surface area contributed by atoms with Crippen LogP contribution in [-0.2, 0) is 4.79 Å². The van der Waals surface area contributed by atoms with Gasteiger partial charge in [0.25, 0.3) is 0 Å². The Morgan fingerprint density at radius 3 is 3.07 bits per heavy atom. The summed E-state index contributed by atoms with van der Waals surface area (Å²) in [5.41, 5.74) is 5.06. The van der Waals surface area contributed by atoms with Gasteiger partial charge in [-0.1, -0.05) is 0 Å². The fourth-order valence-corrected chi connectivity index (χ4v) is 1.79. The van der Waals surface area contributed by atoms with Crippen LogP contribution in [0, 0.1) is 0 Å². The van der Waals surface area contributed by atoms with E-state index in [-0.39, 0.29) is 5.91 Å². The van der Waals surface area contributed by atoms with Crippen molar-refractivity contribution >= 4 is 5.91 Å². The molecule has 0 bridgehead atoms. The number of carbonyl (C=O) groups is 1. The molecule has 82 valence electrons. The molecule has 1 aliphatic rings. The number of nitrogens with one attached hydrogen (secondary N) is 2. The third-order valence-corrected chi connectivity index (χ3v) is 2.61. The average Bonchev–Trinajstić information content (AvgIpc) is 2.40. The Morgan fingerprint density at radius 1 is 1.43 bits per heavy atom. The monoisotopic (exact) mass is 199 g/mol. The first kappa shape index (κ1) is 11.5. The van der Waals surface area contributed by atoms with Crippen LogP contribution in [0.5, 0.6) is 0 Å². The van der Waals surface area contributed by atoms with Gasteiger partial charge >= 0.3 is 0 Å². The summed E-state index contributed by atoms with van der Waals surface area (Å²) < 4.78 is 0. The SMILES string of the molecule is NC(=O)CCCNC1CCCNCC1. The number of rotatable bonds is 5. The lowest BCUT2D eigenvalue weighted by molar-refractivity contribution is -0.118. The van der Waals surface area contributed by atoms with Crippen LogP contribution in [0.1, 0.15) is 32.1 Å². The maximum atomic E-state index is 10.5. The van der Waals surface area contributed by atoms with E-state index in [9.17, 15) is 4.79 Å². The standard InChI is InChI=1S/C10H21N3O/c11-10(14)4-2-7-13-9-3-1-6-12-8-5-9/h9,12-13H,1-8H2,(H2,11,14). The van der Waals surface area contributed by atoms with Crippen LogP contribution in [0.15, 0.2) is 0 Å². The van der Waals surface area contributed by atoms with Crippen molar-refractivity contribution in [1.82, 2.24) is 10.6 Å². The van der Waals surface area contributed by atoms with E-state index in [1.54, 1.807) is 0 Å². The fraction of sp³-hybridized carbons (Fsp3) is 0.900. The number of hydrogen-bond donors (Lipinski definition) is 3. The zero-order valence-electron chi connectivity index (χ0n) is 8.72. The molecule has 0 aromatic heterocycles. The summed E-state index contributed by atoms with van der Waals surface area (Å²) in [5.74, 6) is -0.200. The van der Waals surface area contributed by atoms with Gasteiger partial charge in [0.15, 0.2) is 0 Å². The number of carbonyl (C=O) groups excluding carboxylic acids is 1. The number of primary amides is 1. The molecule has 1 fully saturated rings. The molecule has 0 saturated carbocycles. The Hall–Kier alpha value is -0.610. The highest BCUT2D eigenvalue weighted by atomic mass is 16.1. The summed E-state index contributed by atoms with van der Waals surface area (Å²) >= 11 is 0. The lowest BCUT2D eigenvalue weighted by Gasteiger charge is -2.15. The molecule has 14 heavy (non-hydrogen) atoms. The zero-order chi connectivity index (χ0) is 10.2. The topological polar surface area (TPSA) is 67.2 Å². The molecule has 4 N–H and O–H groups in total. The van der Waals surface area contributed by atoms with Crippen molar-refractivity contribution in [3.05, 3.63) is 0 Å². The Morgan fingerprint density at radius 2 is 2.29 bits per heavy atom. The molecule has 1 atom stereocenters. The van der Waals surface area contributed by atoms with Crippen LogP contribution >= 0.6 is 0 Å². The quantitative estimate of drug-likeness (QED) is 0.545.